The van der Waals surface area contributed by atoms with Gasteiger partial charge in [0.1, 0.15) is 0 Å². The van der Waals surface area contributed by atoms with Crippen molar-refractivity contribution in [1.82, 2.24) is 4.31 Å². The van der Waals surface area contributed by atoms with E-state index in [9.17, 15) is 12.6 Å². The molecule has 18 heavy (non-hydrogen) atoms. The molecule has 1 aromatic rings. The van der Waals surface area contributed by atoms with Gasteiger partial charge < -0.3 is 5.43 Å². The van der Waals surface area contributed by atoms with Gasteiger partial charge in [0, 0.05) is 41.1 Å². The highest BCUT2D eigenvalue weighted by molar-refractivity contribution is 7.89. The van der Waals surface area contributed by atoms with Crippen LogP contribution in [0.4, 0.5) is 5.69 Å². The first-order valence-electron chi connectivity index (χ1n) is 5.46. The average molecular weight is 289 g/mol. The number of hydrogen-bond acceptors (Lipinski definition) is 5. The third kappa shape index (κ3) is 2.72. The molecule has 0 atom stereocenters. The second kappa shape index (κ2) is 5.35. The van der Waals surface area contributed by atoms with Crippen molar-refractivity contribution in [1.29, 1.82) is 0 Å². The number of hydrazine groups is 1. The maximum Gasteiger partial charge on any atom is 0.243 e. The standard InChI is InChI=1S/C10H15N3O3S2/c11-12-9-1-3-10(4-2-9)18(15,16)13-5-7-17(14)8-6-13/h1-4,12H,5-8,11H2. The largest absolute Gasteiger partial charge is 0.324 e. The fourth-order valence-electron chi connectivity index (χ4n) is 1.73. The Bertz CT molecular complexity index is 532. The van der Waals surface area contributed by atoms with Crippen LogP contribution < -0.4 is 11.3 Å². The lowest BCUT2D eigenvalue weighted by atomic mass is 10.3. The van der Waals surface area contributed by atoms with Gasteiger partial charge in [0.25, 0.3) is 0 Å². The fourth-order valence-corrected chi connectivity index (χ4v) is 4.46. The van der Waals surface area contributed by atoms with Gasteiger partial charge in [0.05, 0.1) is 4.90 Å². The minimum Gasteiger partial charge on any atom is -0.324 e. The van der Waals surface area contributed by atoms with Gasteiger partial charge in [0.15, 0.2) is 0 Å². The molecule has 0 amide bonds. The number of sulfonamides is 1. The minimum atomic E-state index is -3.48. The first kappa shape index (κ1) is 13.5. The Hall–Kier alpha value is -0.960. The van der Waals surface area contributed by atoms with E-state index in [1.807, 2.05) is 0 Å². The molecule has 0 spiro atoms. The van der Waals surface area contributed by atoms with Crippen LogP contribution in [0.25, 0.3) is 0 Å². The lowest BCUT2D eigenvalue weighted by molar-refractivity contribution is 0.439. The zero-order valence-electron chi connectivity index (χ0n) is 9.70. The normalized spacial score (nSPS) is 18.7. The van der Waals surface area contributed by atoms with Crippen molar-refractivity contribution < 1.29 is 12.6 Å². The van der Waals surface area contributed by atoms with Gasteiger partial charge in [-0.25, -0.2) is 8.42 Å². The van der Waals surface area contributed by atoms with E-state index in [0.29, 0.717) is 30.3 Å². The summed E-state index contributed by atoms with van der Waals surface area (Å²) in [6.07, 6.45) is 0. The molecule has 3 N–H and O–H groups in total. The van der Waals surface area contributed by atoms with E-state index < -0.39 is 20.8 Å². The summed E-state index contributed by atoms with van der Waals surface area (Å²) in [5.74, 6) is 6.03. The average Bonchev–Trinajstić information content (AvgIpc) is 2.39. The predicted molar refractivity (Wildman–Crippen MR) is 70.9 cm³/mol. The number of benzene rings is 1. The quantitative estimate of drug-likeness (QED) is 0.590. The third-order valence-electron chi connectivity index (χ3n) is 2.80. The van der Waals surface area contributed by atoms with Crippen LogP contribution in [0, 0.1) is 0 Å². The summed E-state index contributed by atoms with van der Waals surface area (Å²) < 4.78 is 37.1. The van der Waals surface area contributed by atoms with Crippen LogP contribution in [0.1, 0.15) is 0 Å². The Labute approximate surface area is 109 Å². The van der Waals surface area contributed by atoms with E-state index >= 15 is 0 Å². The lowest BCUT2D eigenvalue weighted by Gasteiger charge is -2.25. The van der Waals surface area contributed by atoms with Gasteiger partial charge in [-0.2, -0.15) is 4.31 Å². The number of nitrogen functional groups attached to an aromatic ring is 1. The molecular weight excluding hydrogens is 274 g/mol. The van der Waals surface area contributed by atoms with Crippen molar-refractivity contribution in [3.8, 4) is 0 Å². The van der Waals surface area contributed by atoms with Crippen molar-refractivity contribution in [2.75, 3.05) is 30.0 Å². The number of nitrogens with two attached hydrogens (primary N) is 1. The zero-order valence-corrected chi connectivity index (χ0v) is 11.3. The van der Waals surface area contributed by atoms with Gasteiger partial charge in [-0.05, 0) is 24.3 Å². The van der Waals surface area contributed by atoms with Crippen LogP contribution in [0.5, 0.6) is 0 Å². The molecule has 100 valence electrons. The van der Waals surface area contributed by atoms with Crippen LogP contribution in [-0.4, -0.2) is 41.5 Å². The van der Waals surface area contributed by atoms with Crippen molar-refractivity contribution >= 4 is 26.5 Å². The van der Waals surface area contributed by atoms with Crippen LogP contribution in [0.3, 0.4) is 0 Å². The van der Waals surface area contributed by atoms with Crippen molar-refractivity contribution in [2.24, 2.45) is 5.84 Å². The predicted octanol–water partition coefficient (Wildman–Crippen LogP) is -0.275. The Kier molecular flexibility index (Phi) is 4.00. The molecule has 0 aromatic heterocycles. The van der Waals surface area contributed by atoms with Gasteiger partial charge in [-0.3, -0.25) is 10.1 Å². The highest BCUT2D eigenvalue weighted by Crippen LogP contribution is 2.19. The Morgan fingerprint density at radius 2 is 1.72 bits per heavy atom. The summed E-state index contributed by atoms with van der Waals surface area (Å²) in [4.78, 5) is 0.231. The van der Waals surface area contributed by atoms with Crippen molar-refractivity contribution in [2.45, 2.75) is 4.90 Å². The Morgan fingerprint density at radius 1 is 1.17 bits per heavy atom. The number of anilines is 1. The number of nitrogens with zero attached hydrogens (tertiary/aromatic N) is 1. The van der Waals surface area contributed by atoms with Crippen LogP contribution >= 0.6 is 0 Å². The van der Waals surface area contributed by atoms with Gasteiger partial charge in [0.2, 0.25) is 10.0 Å². The molecule has 0 aliphatic carbocycles. The summed E-state index contributed by atoms with van der Waals surface area (Å²) in [6.45, 7) is 0.623. The number of rotatable bonds is 3. The minimum absolute atomic E-state index is 0.231. The molecule has 1 aliphatic rings. The van der Waals surface area contributed by atoms with E-state index in [1.54, 1.807) is 12.1 Å². The molecule has 2 rings (SSSR count). The summed E-state index contributed by atoms with van der Waals surface area (Å²) >= 11 is 0. The summed E-state index contributed by atoms with van der Waals surface area (Å²) in [6, 6.07) is 6.23. The SMILES string of the molecule is NNc1ccc(S(=O)(=O)N2CCS(=O)CC2)cc1. The van der Waals surface area contributed by atoms with Crippen molar-refractivity contribution in [3.63, 3.8) is 0 Å². The van der Waals surface area contributed by atoms with E-state index in [2.05, 4.69) is 5.43 Å². The molecule has 0 unspecified atom stereocenters. The molecular formula is C10H15N3O3S2. The molecule has 8 heteroatoms. The Balaban J connectivity index is 2.21. The molecule has 0 radical (unpaired) electrons. The lowest BCUT2D eigenvalue weighted by Crippen LogP contribution is -2.41. The molecule has 6 nitrogen and oxygen atoms in total. The Morgan fingerprint density at radius 3 is 2.22 bits per heavy atom. The third-order valence-corrected chi connectivity index (χ3v) is 5.98. The zero-order chi connectivity index (χ0) is 13.2. The fraction of sp³-hybridized carbons (Fsp3) is 0.400. The molecule has 1 aliphatic heterocycles. The topological polar surface area (TPSA) is 92.5 Å². The number of nitrogens with one attached hydrogen (secondary N) is 1. The first-order chi connectivity index (χ1) is 8.54. The maximum absolute atomic E-state index is 12.3. The first-order valence-corrected chi connectivity index (χ1v) is 8.38. The highest BCUT2D eigenvalue weighted by atomic mass is 32.2. The van der Waals surface area contributed by atoms with Gasteiger partial charge in [-0.15, -0.1) is 0 Å². The molecule has 0 bridgehead atoms. The van der Waals surface area contributed by atoms with Gasteiger partial charge >= 0.3 is 0 Å². The summed E-state index contributed by atoms with van der Waals surface area (Å²) in [5, 5.41) is 0. The molecule has 1 saturated heterocycles. The smallest absolute Gasteiger partial charge is 0.243 e. The van der Waals surface area contributed by atoms with E-state index in [0.717, 1.165) is 0 Å². The molecule has 0 saturated carbocycles. The maximum atomic E-state index is 12.3. The second-order valence-corrected chi connectivity index (χ2v) is 7.55. The summed E-state index contributed by atoms with van der Waals surface area (Å²) in [7, 11) is -4.37. The molecule has 1 aromatic carbocycles. The summed E-state index contributed by atoms with van der Waals surface area (Å²) in [5.41, 5.74) is 3.09. The van der Waals surface area contributed by atoms with Crippen molar-refractivity contribution in [3.05, 3.63) is 24.3 Å². The van der Waals surface area contributed by atoms with Crippen LogP contribution in [-0.2, 0) is 20.8 Å². The molecule has 1 heterocycles. The monoisotopic (exact) mass is 289 g/mol. The van der Waals surface area contributed by atoms with Crippen LogP contribution in [0.15, 0.2) is 29.2 Å². The van der Waals surface area contributed by atoms with Gasteiger partial charge in [-0.1, -0.05) is 0 Å². The second-order valence-electron chi connectivity index (χ2n) is 3.92. The molecule has 1 fully saturated rings. The van der Waals surface area contributed by atoms with E-state index in [4.69, 9.17) is 5.84 Å². The van der Waals surface area contributed by atoms with E-state index in [1.165, 1.54) is 16.4 Å². The highest BCUT2D eigenvalue weighted by Gasteiger charge is 2.27. The van der Waals surface area contributed by atoms with E-state index in [-0.39, 0.29) is 4.90 Å². The number of hydrogen-bond donors (Lipinski definition) is 2. The van der Waals surface area contributed by atoms with Crippen LogP contribution in [0.2, 0.25) is 0 Å².